The van der Waals surface area contributed by atoms with Gasteiger partial charge in [0.1, 0.15) is 24.0 Å². The fourth-order valence-electron chi connectivity index (χ4n) is 2.45. The number of aliphatic carboxylic acids is 1. The summed E-state index contributed by atoms with van der Waals surface area (Å²) >= 11 is 2.15. The summed E-state index contributed by atoms with van der Waals surface area (Å²) in [5.41, 5.74) is 0.999. The first kappa shape index (κ1) is 22.0. The maximum Gasteiger partial charge on any atom is 0.408 e. The van der Waals surface area contributed by atoms with Crippen LogP contribution in [0.3, 0.4) is 0 Å². The Morgan fingerprint density at radius 3 is 2.43 bits per heavy atom. The highest BCUT2D eigenvalue weighted by Gasteiger charge is 2.25. The van der Waals surface area contributed by atoms with Crippen molar-refractivity contribution in [3.63, 3.8) is 0 Å². The number of alkyl carbamates (subject to hydrolysis) is 1. The second-order valence-electron chi connectivity index (χ2n) is 7.27. The van der Waals surface area contributed by atoms with Crippen molar-refractivity contribution in [2.75, 3.05) is 0 Å². The van der Waals surface area contributed by atoms with Crippen molar-refractivity contribution in [2.24, 2.45) is 0 Å². The van der Waals surface area contributed by atoms with Gasteiger partial charge in [-0.1, -0.05) is 30.3 Å². The summed E-state index contributed by atoms with van der Waals surface area (Å²) in [4.78, 5) is 23.7. The lowest BCUT2D eigenvalue weighted by molar-refractivity contribution is -0.139. The van der Waals surface area contributed by atoms with Crippen LogP contribution in [0.1, 0.15) is 31.9 Å². The number of carboxylic acid groups (broad SMARTS) is 1. The number of halogens is 1. The Hall–Kier alpha value is -2.29. The summed E-state index contributed by atoms with van der Waals surface area (Å²) in [6, 6.07) is 14.1. The van der Waals surface area contributed by atoms with Gasteiger partial charge in [0.2, 0.25) is 0 Å². The van der Waals surface area contributed by atoms with Crippen molar-refractivity contribution in [2.45, 2.75) is 45.4 Å². The molecule has 150 valence electrons. The Balaban J connectivity index is 2.13. The lowest BCUT2D eigenvalue weighted by atomic mass is 10.0. The minimum Gasteiger partial charge on any atom is -0.489 e. The van der Waals surface area contributed by atoms with E-state index in [-0.39, 0.29) is 6.42 Å². The summed E-state index contributed by atoms with van der Waals surface area (Å²) in [6.45, 7) is 5.53. The van der Waals surface area contributed by atoms with E-state index in [2.05, 4.69) is 27.9 Å². The zero-order chi connectivity index (χ0) is 20.7. The molecule has 2 N–H and O–H groups in total. The molecule has 0 aromatic heterocycles. The molecule has 6 nitrogen and oxygen atoms in total. The normalized spacial score (nSPS) is 12.1. The largest absolute Gasteiger partial charge is 0.489 e. The van der Waals surface area contributed by atoms with Gasteiger partial charge in [0.05, 0.1) is 0 Å². The van der Waals surface area contributed by atoms with E-state index in [0.717, 1.165) is 9.13 Å². The van der Waals surface area contributed by atoms with Crippen molar-refractivity contribution < 1.29 is 24.2 Å². The molecular weight excluding hydrogens is 473 g/mol. The molecule has 0 radical (unpaired) electrons. The van der Waals surface area contributed by atoms with E-state index in [4.69, 9.17) is 9.47 Å². The molecule has 2 aromatic rings. The summed E-state index contributed by atoms with van der Waals surface area (Å²) < 4.78 is 12.0. The number of nitrogens with one attached hydrogen (secondary N) is 1. The lowest BCUT2D eigenvalue weighted by Crippen LogP contribution is -2.44. The van der Waals surface area contributed by atoms with E-state index in [0.29, 0.717) is 17.9 Å². The van der Waals surface area contributed by atoms with Gasteiger partial charge >= 0.3 is 12.1 Å². The Morgan fingerprint density at radius 1 is 1.14 bits per heavy atom. The SMILES string of the molecule is CC(C)(C)OC(=O)NC(Cc1cc(I)ccc1OCc1ccccc1)C(=O)O. The average molecular weight is 497 g/mol. The third kappa shape index (κ3) is 7.38. The molecule has 1 amide bonds. The van der Waals surface area contributed by atoms with Gasteiger partial charge in [-0.05, 0) is 72.7 Å². The number of ether oxygens (including phenoxy) is 2. The molecule has 0 fully saturated rings. The zero-order valence-corrected chi connectivity index (χ0v) is 18.2. The predicted molar refractivity (Wildman–Crippen MR) is 114 cm³/mol. The van der Waals surface area contributed by atoms with E-state index in [1.165, 1.54) is 0 Å². The number of rotatable bonds is 7. The van der Waals surface area contributed by atoms with E-state index >= 15 is 0 Å². The van der Waals surface area contributed by atoms with Crippen LogP contribution in [0.2, 0.25) is 0 Å². The summed E-state index contributed by atoms with van der Waals surface area (Å²) in [5.74, 6) is -0.555. The number of hydrogen-bond donors (Lipinski definition) is 2. The Bertz CT molecular complexity index is 817. The van der Waals surface area contributed by atoms with Crippen molar-refractivity contribution in [3.05, 3.63) is 63.2 Å². The number of carboxylic acids is 1. The highest BCUT2D eigenvalue weighted by Crippen LogP contribution is 2.24. The zero-order valence-electron chi connectivity index (χ0n) is 16.1. The standard InChI is InChI=1S/C21H24INO5/c1-21(2,3)28-20(26)23-17(19(24)25)12-15-11-16(22)9-10-18(15)27-13-14-7-5-4-6-8-14/h4-11,17H,12-13H2,1-3H3,(H,23,26)(H,24,25). The van der Waals surface area contributed by atoms with E-state index < -0.39 is 23.7 Å². The highest BCUT2D eigenvalue weighted by molar-refractivity contribution is 14.1. The highest BCUT2D eigenvalue weighted by atomic mass is 127. The molecule has 0 aliphatic carbocycles. The molecule has 0 aliphatic heterocycles. The minimum absolute atomic E-state index is 0.0789. The first-order valence-electron chi connectivity index (χ1n) is 8.81. The van der Waals surface area contributed by atoms with Gasteiger partial charge in [0, 0.05) is 9.99 Å². The van der Waals surface area contributed by atoms with Gasteiger partial charge in [-0.3, -0.25) is 0 Å². The summed E-state index contributed by atoms with van der Waals surface area (Å²) in [5, 5.41) is 12.0. The molecule has 0 saturated heterocycles. The predicted octanol–water partition coefficient (Wildman–Crippen LogP) is 4.39. The van der Waals surface area contributed by atoms with Gasteiger partial charge in [-0.15, -0.1) is 0 Å². The van der Waals surface area contributed by atoms with E-state index in [9.17, 15) is 14.7 Å². The third-order valence-corrected chi connectivity index (χ3v) is 4.34. The molecule has 0 spiro atoms. The van der Waals surface area contributed by atoms with Crippen LogP contribution in [0.4, 0.5) is 4.79 Å². The molecule has 0 saturated carbocycles. The molecule has 1 atom stereocenters. The Morgan fingerprint density at radius 2 is 1.82 bits per heavy atom. The monoisotopic (exact) mass is 497 g/mol. The topological polar surface area (TPSA) is 84.9 Å². The fourth-order valence-corrected chi connectivity index (χ4v) is 3.01. The number of amides is 1. The van der Waals surface area contributed by atoms with Gasteiger partial charge in [0.25, 0.3) is 0 Å². The molecule has 1 unspecified atom stereocenters. The number of carbonyl (C=O) groups is 2. The summed E-state index contributed by atoms with van der Waals surface area (Å²) in [6.07, 6.45) is -0.687. The molecular formula is C21H24INO5. The van der Waals surface area contributed by atoms with Crippen molar-refractivity contribution in [1.82, 2.24) is 5.32 Å². The van der Waals surface area contributed by atoms with Crippen LogP contribution < -0.4 is 10.1 Å². The molecule has 0 bridgehead atoms. The lowest BCUT2D eigenvalue weighted by Gasteiger charge is -2.22. The first-order chi connectivity index (χ1) is 13.1. The number of hydrogen-bond acceptors (Lipinski definition) is 4. The van der Waals surface area contributed by atoms with Crippen molar-refractivity contribution >= 4 is 34.7 Å². The third-order valence-electron chi connectivity index (χ3n) is 3.67. The van der Waals surface area contributed by atoms with Crippen LogP contribution in [0.5, 0.6) is 5.75 Å². The maximum atomic E-state index is 12.0. The van der Waals surface area contributed by atoms with E-state index in [1.807, 2.05) is 48.5 Å². The molecule has 2 rings (SSSR count). The molecule has 28 heavy (non-hydrogen) atoms. The van der Waals surface area contributed by atoms with Gasteiger partial charge in [-0.25, -0.2) is 9.59 Å². The Kier molecular flexibility index (Phi) is 7.68. The minimum atomic E-state index is -1.14. The number of carbonyl (C=O) groups excluding carboxylic acids is 1. The fraction of sp³-hybridized carbons (Fsp3) is 0.333. The van der Waals surface area contributed by atoms with Crippen LogP contribution >= 0.6 is 22.6 Å². The van der Waals surface area contributed by atoms with Gasteiger partial charge in [0.15, 0.2) is 0 Å². The molecule has 0 heterocycles. The number of benzene rings is 2. The quantitative estimate of drug-likeness (QED) is 0.555. The van der Waals surface area contributed by atoms with Crippen LogP contribution in [0.15, 0.2) is 48.5 Å². The molecule has 0 aliphatic rings. The van der Waals surface area contributed by atoms with Crippen LogP contribution in [0, 0.1) is 3.57 Å². The van der Waals surface area contributed by atoms with Crippen molar-refractivity contribution in [1.29, 1.82) is 0 Å². The van der Waals surface area contributed by atoms with Crippen molar-refractivity contribution in [3.8, 4) is 5.75 Å². The smallest absolute Gasteiger partial charge is 0.408 e. The van der Waals surface area contributed by atoms with Gasteiger partial charge in [-0.2, -0.15) is 0 Å². The Labute approximate surface area is 178 Å². The second kappa shape index (κ2) is 9.77. The van der Waals surface area contributed by atoms with Crippen LogP contribution in [0.25, 0.3) is 0 Å². The van der Waals surface area contributed by atoms with Crippen LogP contribution in [-0.2, 0) is 22.6 Å². The van der Waals surface area contributed by atoms with Gasteiger partial charge < -0.3 is 19.9 Å². The second-order valence-corrected chi connectivity index (χ2v) is 8.51. The van der Waals surface area contributed by atoms with E-state index in [1.54, 1.807) is 20.8 Å². The molecule has 7 heteroatoms. The summed E-state index contributed by atoms with van der Waals surface area (Å²) in [7, 11) is 0. The average Bonchev–Trinajstić information content (AvgIpc) is 2.59. The first-order valence-corrected chi connectivity index (χ1v) is 9.89. The maximum absolute atomic E-state index is 12.0. The molecule has 2 aromatic carbocycles. The van der Waals surface area contributed by atoms with Crippen LogP contribution in [-0.4, -0.2) is 28.8 Å².